The lowest BCUT2D eigenvalue weighted by Crippen LogP contribution is -2.42. The molecule has 2 aromatic heterocycles. The average Bonchev–Trinajstić information content (AvgIpc) is 2.82. The summed E-state index contributed by atoms with van der Waals surface area (Å²) >= 11 is 0. The van der Waals surface area contributed by atoms with E-state index in [-0.39, 0.29) is 22.9 Å². The first-order valence-corrected chi connectivity index (χ1v) is 6.73. The van der Waals surface area contributed by atoms with Crippen molar-refractivity contribution in [2.24, 2.45) is 0 Å². The maximum atomic E-state index is 12.5. The van der Waals surface area contributed by atoms with E-state index < -0.39 is 0 Å². The van der Waals surface area contributed by atoms with E-state index >= 15 is 0 Å². The Hall–Kier alpha value is -2.30. The molecule has 0 aromatic carbocycles. The van der Waals surface area contributed by atoms with Crippen LogP contribution >= 0.6 is 0 Å². The van der Waals surface area contributed by atoms with Gasteiger partial charge in [-0.05, 0) is 26.0 Å². The second-order valence-corrected chi connectivity index (χ2v) is 5.15. The highest BCUT2D eigenvalue weighted by atomic mass is 16.2. The lowest BCUT2D eigenvalue weighted by atomic mass is 10.1. The van der Waals surface area contributed by atoms with Crippen molar-refractivity contribution < 1.29 is 4.79 Å². The number of aromatic nitrogens is 2. The fraction of sp³-hybridized carbons (Fsp3) is 0.333. The largest absolute Gasteiger partial charge is 0.367 e. The van der Waals surface area contributed by atoms with E-state index in [1.807, 2.05) is 6.92 Å². The van der Waals surface area contributed by atoms with Gasteiger partial charge >= 0.3 is 0 Å². The van der Waals surface area contributed by atoms with Gasteiger partial charge in [0.2, 0.25) is 0 Å². The minimum Gasteiger partial charge on any atom is -0.367 e. The summed E-state index contributed by atoms with van der Waals surface area (Å²) in [6, 6.07) is 5.47. The summed E-state index contributed by atoms with van der Waals surface area (Å²) in [7, 11) is 0. The fourth-order valence-corrected chi connectivity index (χ4v) is 2.84. The Bertz CT molecular complexity index is 714. The summed E-state index contributed by atoms with van der Waals surface area (Å²) in [6.45, 7) is 5.46. The molecular formula is C15H17N3O2. The number of carbonyl (C=O) groups is 1. The van der Waals surface area contributed by atoms with Crippen LogP contribution in [0.25, 0.3) is 0 Å². The van der Waals surface area contributed by atoms with Crippen LogP contribution in [0.5, 0.6) is 0 Å². The van der Waals surface area contributed by atoms with E-state index in [2.05, 4.69) is 28.6 Å². The number of aromatic amines is 1. The molecule has 0 radical (unpaired) electrons. The summed E-state index contributed by atoms with van der Waals surface area (Å²) < 4.78 is 2.23. The van der Waals surface area contributed by atoms with Crippen molar-refractivity contribution in [1.82, 2.24) is 14.5 Å². The SMILES string of the molecule is Cc1ccc2n1CCN(C(=O)c1c[nH]ccc1=O)C2C. The van der Waals surface area contributed by atoms with Crippen LogP contribution < -0.4 is 5.43 Å². The first-order chi connectivity index (χ1) is 9.59. The third-order valence-corrected chi connectivity index (χ3v) is 4.01. The molecule has 5 heteroatoms. The van der Waals surface area contributed by atoms with Crippen LogP contribution in [0.1, 0.15) is 34.7 Å². The second-order valence-electron chi connectivity index (χ2n) is 5.15. The Morgan fingerprint density at radius 2 is 2.10 bits per heavy atom. The molecule has 3 rings (SSSR count). The maximum absolute atomic E-state index is 12.5. The van der Waals surface area contributed by atoms with E-state index in [4.69, 9.17) is 0 Å². The summed E-state index contributed by atoms with van der Waals surface area (Å²) in [4.78, 5) is 28.9. The van der Waals surface area contributed by atoms with E-state index in [0.717, 1.165) is 12.2 Å². The van der Waals surface area contributed by atoms with Gasteiger partial charge in [-0.3, -0.25) is 9.59 Å². The number of fused-ring (bicyclic) bond motifs is 1. The molecule has 0 bridgehead atoms. The van der Waals surface area contributed by atoms with E-state index in [1.54, 1.807) is 4.90 Å². The Labute approximate surface area is 116 Å². The van der Waals surface area contributed by atoms with Crippen LogP contribution in [0, 0.1) is 6.92 Å². The van der Waals surface area contributed by atoms with Crippen molar-refractivity contribution in [3.05, 3.63) is 57.8 Å². The van der Waals surface area contributed by atoms with Crippen molar-refractivity contribution in [2.75, 3.05) is 6.54 Å². The van der Waals surface area contributed by atoms with Crippen LogP contribution in [-0.2, 0) is 6.54 Å². The van der Waals surface area contributed by atoms with Gasteiger partial charge in [0.15, 0.2) is 5.43 Å². The number of H-pyrrole nitrogens is 1. The fourth-order valence-electron chi connectivity index (χ4n) is 2.84. The van der Waals surface area contributed by atoms with E-state index in [9.17, 15) is 9.59 Å². The molecule has 1 aliphatic rings. The molecule has 3 heterocycles. The van der Waals surface area contributed by atoms with Gasteiger partial charge in [0, 0.05) is 42.9 Å². The first kappa shape index (κ1) is 12.7. The molecule has 0 aliphatic carbocycles. The molecule has 1 aliphatic heterocycles. The quantitative estimate of drug-likeness (QED) is 0.858. The van der Waals surface area contributed by atoms with Gasteiger partial charge in [-0.1, -0.05) is 0 Å². The number of nitrogens with zero attached hydrogens (tertiary/aromatic N) is 2. The lowest BCUT2D eigenvalue weighted by molar-refractivity contribution is 0.0641. The summed E-state index contributed by atoms with van der Waals surface area (Å²) in [5.74, 6) is -0.204. The van der Waals surface area contributed by atoms with Crippen molar-refractivity contribution >= 4 is 5.91 Å². The van der Waals surface area contributed by atoms with Crippen LogP contribution in [0.15, 0.2) is 35.4 Å². The summed E-state index contributed by atoms with van der Waals surface area (Å²) in [5.41, 5.74) is 2.29. The topological polar surface area (TPSA) is 58.1 Å². The third-order valence-electron chi connectivity index (χ3n) is 4.01. The molecule has 0 saturated carbocycles. The number of nitrogens with one attached hydrogen (secondary N) is 1. The number of hydrogen-bond donors (Lipinski definition) is 1. The lowest BCUT2D eigenvalue weighted by Gasteiger charge is -2.35. The van der Waals surface area contributed by atoms with Gasteiger partial charge in [-0.15, -0.1) is 0 Å². The molecule has 0 saturated heterocycles. The summed E-state index contributed by atoms with van der Waals surface area (Å²) in [5, 5.41) is 0. The van der Waals surface area contributed by atoms with Gasteiger partial charge in [-0.25, -0.2) is 0 Å². The highest BCUT2D eigenvalue weighted by Gasteiger charge is 2.29. The monoisotopic (exact) mass is 271 g/mol. The van der Waals surface area contributed by atoms with Gasteiger partial charge < -0.3 is 14.5 Å². The number of aryl methyl sites for hydroxylation is 1. The van der Waals surface area contributed by atoms with E-state index in [1.165, 1.54) is 24.2 Å². The highest BCUT2D eigenvalue weighted by Crippen LogP contribution is 2.27. The van der Waals surface area contributed by atoms with Crippen LogP contribution in [0.2, 0.25) is 0 Å². The number of rotatable bonds is 1. The number of pyridine rings is 1. The van der Waals surface area contributed by atoms with Crippen LogP contribution in [-0.4, -0.2) is 26.9 Å². The van der Waals surface area contributed by atoms with Crippen molar-refractivity contribution in [3.63, 3.8) is 0 Å². The third kappa shape index (κ3) is 1.86. The van der Waals surface area contributed by atoms with Gasteiger partial charge in [-0.2, -0.15) is 0 Å². The molecule has 0 fully saturated rings. The molecule has 2 aromatic rings. The molecule has 5 nitrogen and oxygen atoms in total. The Morgan fingerprint density at radius 1 is 1.30 bits per heavy atom. The second kappa shape index (κ2) is 4.67. The zero-order chi connectivity index (χ0) is 14.3. The zero-order valence-electron chi connectivity index (χ0n) is 11.6. The number of hydrogen-bond acceptors (Lipinski definition) is 2. The summed E-state index contributed by atoms with van der Waals surface area (Å²) in [6.07, 6.45) is 3.02. The number of amides is 1. The van der Waals surface area contributed by atoms with Crippen LogP contribution in [0.3, 0.4) is 0 Å². The molecule has 1 unspecified atom stereocenters. The smallest absolute Gasteiger partial charge is 0.259 e. The zero-order valence-corrected chi connectivity index (χ0v) is 11.6. The molecule has 104 valence electrons. The van der Waals surface area contributed by atoms with Crippen LogP contribution in [0.4, 0.5) is 0 Å². The van der Waals surface area contributed by atoms with Gasteiger partial charge in [0.25, 0.3) is 5.91 Å². The molecule has 1 atom stereocenters. The van der Waals surface area contributed by atoms with Crippen molar-refractivity contribution in [3.8, 4) is 0 Å². The predicted octanol–water partition coefficient (Wildman–Crippen LogP) is 1.70. The Balaban J connectivity index is 1.95. The highest BCUT2D eigenvalue weighted by molar-refractivity contribution is 5.94. The standard InChI is InChI=1S/C15H17N3O2/c1-10-3-4-13-11(2)18(8-7-17(10)13)15(20)12-9-16-6-5-14(12)19/h3-6,9,11H,7-8H2,1-2H3,(H,16,19). The maximum Gasteiger partial charge on any atom is 0.259 e. The normalized spacial score (nSPS) is 17.9. The number of carbonyl (C=O) groups excluding carboxylic acids is 1. The minimum absolute atomic E-state index is 0.0236. The molecule has 20 heavy (non-hydrogen) atoms. The molecule has 1 amide bonds. The minimum atomic E-state index is -0.238. The Morgan fingerprint density at radius 3 is 2.85 bits per heavy atom. The molecule has 1 N–H and O–H groups in total. The van der Waals surface area contributed by atoms with E-state index in [0.29, 0.717) is 6.54 Å². The molecule has 0 spiro atoms. The Kier molecular flexibility index (Phi) is 2.97. The van der Waals surface area contributed by atoms with Gasteiger partial charge in [0.05, 0.1) is 6.04 Å². The molecular weight excluding hydrogens is 254 g/mol. The van der Waals surface area contributed by atoms with Crippen molar-refractivity contribution in [2.45, 2.75) is 26.4 Å². The first-order valence-electron chi connectivity index (χ1n) is 6.73. The predicted molar refractivity (Wildman–Crippen MR) is 75.7 cm³/mol. The van der Waals surface area contributed by atoms with Gasteiger partial charge in [0.1, 0.15) is 5.56 Å². The van der Waals surface area contributed by atoms with Crippen molar-refractivity contribution in [1.29, 1.82) is 0 Å². The average molecular weight is 271 g/mol.